The standard InChI is InChI=1S/C41H54N7O8P/c1-27(2)48(28(3)4)57(54-22-10-21-42)56-36-23-38(47-25-34(35-24-43-46-45-35)39(49)44-40(47)50)55-37(36)26-53-41(29-11-8-7-9-12-29,30-13-17-32(51-5)18-14-30)31-15-19-33(52-6)20-16-31/h7-9,11-20,25,27-28,35-38H,10,21-24,26,42H2,1-6H3,(H,43,45)(H,44,49,50). The fourth-order valence-electron chi connectivity index (χ4n) is 7.29. The number of benzene rings is 3. The van der Waals surface area contributed by atoms with Crippen LogP contribution in [-0.2, 0) is 24.1 Å². The highest BCUT2D eigenvalue weighted by atomic mass is 31.2. The van der Waals surface area contributed by atoms with Crippen molar-refractivity contribution >= 4 is 8.53 Å². The van der Waals surface area contributed by atoms with Crippen molar-refractivity contribution in [2.45, 2.75) is 82.7 Å². The van der Waals surface area contributed by atoms with Crippen LogP contribution in [0.5, 0.6) is 11.5 Å². The molecule has 16 heteroatoms. The number of aromatic nitrogens is 2. The molecule has 1 saturated heterocycles. The lowest BCUT2D eigenvalue weighted by Gasteiger charge is -2.39. The number of aromatic amines is 1. The Hall–Kier alpha value is -4.47. The zero-order valence-electron chi connectivity index (χ0n) is 33.4. The van der Waals surface area contributed by atoms with Gasteiger partial charge in [0.15, 0.2) is 0 Å². The molecule has 6 rings (SSSR count). The van der Waals surface area contributed by atoms with Crippen molar-refractivity contribution in [2.24, 2.45) is 16.1 Å². The van der Waals surface area contributed by atoms with E-state index in [4.69, 9.17) is 33.7 Å². The second kappa shape index (κ2) is 19.3. The third kappa shape index (κ3) is 9.47. The van der Waals surface area contributed by atoms with Gasteiger partial charge in [-0.2, -0.15) is 5.11 Å². The lowest BCUT2D eigenvalue weighted by Crippen LogP contribution is -2.40. The number of rotatable bonds is 19. The van der Waals surface area contributed by atoms with Crippen molar-refractivity contribution in [1.82, 2.24) is 19.6 Å². The summed E-state index contributed by atoms with van der Waals surface area (Å²) >= 11 is 0. The van der Waals surface area contributed by atoms with Crippen LogP contribution in [0.4, 0.5) is 0 Å². The fourth-order valence-corrected chi connectivity index (χ4v) is 9.08. The molecule has 2 aliphatic rings. The highest BCUT2D eigenvalue weighted by molar-refractivity contribution is 7.44. The molecule has 306 valence electrons. The molecule has 2 aliphatic heterocycles. The predicted octanol–water partition coefficient (Wildman–Crippen LogP) is 5.96. The summed E-state index contributed by atoms with van der Waals surface area (Å²) in [5.41, 5.74) is 9.36. The quantitative estimate of drug-likeness (QED) is 0.0580. The average molecular weight is 804 g/mol. The van der Waals surface area contributed by atoms with Crippen molar-refractivity contribution in [2.75, 3.05) is 40.5 Å². The lowest BCUT2D eigenvalue weighted by molar-refractivity contribution is -0.0926. The summed E-state index contributed by atoms with van der Waals surface area (Å²) in [6.45, 7) is 9.61. The molecule has 4 aromatic rings. The fraction of sp³-hybridized carbons (Fsp3) is 0.463. The maximum absolute atomic E-state index is 13.5. The maximum Gasteiger partial charge on any atom is 0.330 e. The van der Waals surface area contributed by atoms with Gasteiger partial charge in [0.1, 0.15) is 29.4 Å². The molecule has 57 heavy (non-hydrogen) atoms. The van der Waals surface area contributed by atoms with Gasteiger partial charge in [-0.3, -0.25) is 19.8 Å². The second-order valence-electron chi connectivity index (χ2n) is 14.5. The molecule has 0 radical (unpaired) electrons. The van der Waals surface area contributed by atoms with Crippen LogP contribution < -0.4 is 31.9 Å². The summed E-state index contributed by atoms with van der Waals surface area (Å²) in [5, 5.41) is 7.81. The first-order valence-corrected chi connectivity index (χ1v) is 20.4. The zero-order chi connectivity index (χ0) is 40.5. The molecular weight excluding hydrogens is 749 g/mol. The van der Waals surface area contributed by atoms with E-state index in [0.717, 1.165) is 16.7 Å². The summed E-state index contributed by atoms with van der Waals surface area (Å²) in [7, 11) is 1.65. The number of nitrogens with zero attached hydrogens (tertiary/aromatic N) is 4. The Morgan fingerprint density at radius 3 is 2.09 bits per heavy atom. The molecule has 0 aliphatic carbocycles. The molecule has 3 aromatic carbocycles. The molecule has 15 nitrogen and oxygen atoms in total. The van der Waals surface area contributed by atoms with Gasteiger partial charge in [-0.15, -0.1) is 0 Å². The minimum Gasteiger partial charge on any atom is -0.497 e. The molecule has 4 N–H and O–H groups in total. The molecule has 1 fully saturated rings. The van der Waals surface area contributed by atoms with E-state index in [1.54, 1.807) is 14.2 Å². The minimum atomic E-state index is -1.61. The largest absolute Gasteiger partial charge is 0.497 e. The topological polar surface area (TPSA) is 176 Å². The number of nitrogens with one attached hydrogen (secondary N) is 2. The maximum atomic E-state index is 13.5. The van der Waals surface area contributed by atoms with Gasteiger partial charge in [-0.25, -0.2) is 9.46 Å². The number of methoxy groups -OCH3 is 2. The summed E-state index contributed by atoms with van der Waals surface area (Å²) < 4.78 is 42.3. The number of hydrogen-bond donors (Lipinski definition) is 3. The molecule has 3 heterocycles. The molecule has 5 unspecified atom stereocenters. The average Bonchev–Trinajstić information content (AvgIpc) is 3.90. The van der Waals surface area contributed by atoms with Crippen molar-refractivity contribution in [3.05, 3.63) is 128 Å². The zero-order valence-corrected chi connectivity index (χ0v) is 34.3. The first-order chi connectivity index (χ1) is 27.6. The second-order valence-corrected chi connectivity index (χ2v) is 15.9. The SMILES string of the molecule is COc1ccc(C(OCC2OC(n3cc(C4CN=NN4)c(=O)[nH]c3=O)CC2OP(OCCCN)N(C(C)C)C(C)C)(c2ccccc2)c2ccc(OC)cc2)cc1. The van der Waals surface area contributed by atoms with Crippen molar-refractivity contribution < 1.29 is 28.0 Å². The van der Waals surface area contributed by atoms with Gasteiger partial charge in [-0.1, -0.05) is 59.8 Å². The van der Waals surface area contributed by atoms with E-state index in [9.17, 15) is 9.59 Å². The van der Waals surface area contributed by atoms with Gasteiger partial charge in [0.25, 0.3) is 14.1 Å². The Labute approximate surface area is 334 Å². The minimum absolute atomic E-state index is 0.0380. The van der Waals surface area contributed by atoms with Crippen LogP contribution >= 0.6 is 8.53 Å². The van der Waals surface area contributed by atoms with Gasteiger partial charge in [0.05, 0.1) is 51.7 Å². The van der Waals surface area contributed by atoms with Crippen LogP contribution in [0.2, 0.25) is 0 Å². The molecule has 0 spiro atoms. The van der Waals surface area contributed by atoms with E-state index in [-0.39, 0.29) is 31.7 Å². The normalized spacial score (nSPS) is 20.0. The molecule has 1 aromatic heterocycles. The first kappa shape index (κ1) is 42.1. The monoisotopic (exact) mass is 803 g/mol. The van der Waals surface area contributed by atoms with E-state index in [2.05, 4.69) is 53.1 Å². The van der Waals surface area contributed by atoms with E-state index < -0.39 is 49.9 Å². The van der Waals surface area contributed by atoms with Gasteiger partial charge in [-0.05, 0) is 81.6 Å². The molecule has 0 amide bonds. The van der Waals surface area contributed by atoms with Crippen molar-refractivity contribution in [1.29, 1.82) is 0 Å². The first-order valence-electron chi connectivity index (χ1n) is 19.3. The van der Waals surface area contributed by atoms with Crippen LogP contribution in [0.3, 0.4) is 0 Å². The lowest BCUT2D eigenvalue weighted by atomic mass is 9.80. The Balaban J connectivity index is 1.43. The summed E-state index contributed by atoms with van der Waals surface area (Å²) in [6, 6.07) is 25.3. The van der Waals surface area contributed by atoms with E-state index in [1.165, 1.54) is 10.8 Å². The summed E-state index contributed by atoms with van der Waals surface area (Å²) in [6.07, 6.45) is 0.334. The highest BCUT2D eigenvalue weighted by Gasteiger charge is 2.45. The highest BCUT2D eigenvalue weighted by Crippen LogP contribution is 2.50. The van der Waals surface area contributed by atoms with Crippen LogP contribution in [0.1, 0.15) is 75.1 Å². The van der Waals surface area contributed by atoms with Crippen LogP contribution in [0, 0.1) is 0 Å². The van der Waals surface area contributed by atoms with Gasteiger partial charge < -0.3 is 33.7 Å². The van der Waals surface area contributed by atoms with Crippen molar-refractivity contribution in [3.63, 3.8) is 0 Å². The van der Waals surface area contributed by atoms with Gasteiger partial charge in [0.2, 0.25) is 0 Å². The Morgan fingerprint density at radius 1 is 0.930 bits per heavy atom. The van der Waals surface area contributed by atoms with Gasteiger partial charge in [0, 0.05) is 24.7 Å². The molecule has 0 saturated carbocycles. The third-order valence-electron chi connectivity index (χ3n) is 10.1. The van der Waals surface area contributed by atoms with Crippen molar-refractivity contribution in [3.8, 4) is 11.5 Å². The summed E-state index contributed by atoms with van der Waals surface area (Å²) in [5.74, 6) is 1.41. The number of H-pyrrole nitrogens is 1. The third-order valence-corrected chi connectivity index (χ3v) is 12.2. The smallest absolute Gasteiger partial charge is 0.330 e. The molecule has 0 bridgehead atoms. The Morgan fingerprint density at radius 2 is 1.54 bits per heavy atom. The van der Waals surface area contributed by atoms with E-state index in [0.29, 0.717) is 36.6 Å². The number of ether oxygens (including phenoxy) is 4. The Kier molecular flexibility index (Phi) is 14.3. The molecule has 5 atom stereocenters. The summed E-state index contributed by atoms with van der Waals surface area (Å²) in [4.78, 5) is 28.9. The van der Waals surface area contributed by atoms with Crippen LogP contribution in [-0.4, -0.2) is 79.0 Å². The van der Waals surface area contributed by atoms with E-state index >= 15 is 0 Å². The van der Waals surface area contributed by atoms with Crippen LogP contribution in [0.15, 0.2) is 105 Å². The number of hydrogen-bond acceptors (Lipinski definition) is 13. The predicted molar refractivity (Wildman–Crippen MR) is 217 cm³/mol. The molecular formula is C41H54N7O8P. The van der Waals surface area contributed by atoms with E-state index in [1.807, 2.05) is 78.9 Å². The van der Waals surface area contributed by atoms with Crippen LogP contribution in [0.25, 0.3) is 0 Å². The number of nitrogens with two attached hydrogens (primary N) is 1. The van der Waals surface area contributed by atoms with Gasteiger partial charge >= 0.3 is 5.69 Å². The Bertz CT molecular complexity index is 1960.